The predicted molar refractivity (Wildman–Crippen MR) is 64.1 cm³/mol. The molecule has 0 aliphatic rings. The van der Waals surface area contributed by atoms with E-state index in [4.69, 9.17) is 5.73 Å². The number of carbonyl (C=O) groups excluding carboxylic acids is 1. The Balaban J connectivity index is 2.66. The molecule has 0 aromatic carbocycles. The van der Waals surface area contributed by atoms with Crippen molar-refractivity contribution in [1.29, 1.82) is 0 Å². The van der Waals surface area contributed by atoms with E-state index >= 15 is 0 Å². The average Bonchev–Trinajstić information content (AvgIpc) is 2.61. The molecule has 0 aliphatic heterocycles. The summed E-state index contributed by atoms with van der Waals surface area (Å²) in [6.07, 6.45) is 0.469. The van der Waals surface area contributed by atoms with Crippen LogP contribution in [0.2, 0.25) is 0 Å². The highest BCUT2D eigenvalue weighted by atomic mass is 16.2. The van der Waals surface area contributed by atoms with Gasteiger partial charge in [-0.1, -0.05) is 0 Å². The van der Waals surface area contributed by atoms with E-state index in [2.05, 4.69) is 9.97 Å². The number of H-pyrrole nitrogens is 1. The molecule has 0 atom stereocenters. The van der Waals surface area contributed by atoms with E-state index in [1.807, 2.05) is 0 Å². The fraction of sp³-hybridized carbons (Fsp3) is 0.400. The van der Waals surface area contributed by atoms with E-state index in [9.17, 15) is 14.4 Å². The van der Waals surface area contributed by atoms with Crippen molar-refractivity contribution in [2.45, 2.75) is 12.8 Å². The maximum absolute atomic E-state index is 11.7. The lowest BCUT2D eigenvalue weighted by Crippen LogP contribution is -2.29. The highest BCUT2D eigenvalue weighted by Gasteiger charge is 2.14. The standard InChI is InChI=1S/C10H13N5O3/c1-14-6(4-3-5(11)16)12-8-7(14)9(17)13-10(18)15(8)2/h3-4H2,1-2H3,(H2,11,16)(H,13,17,18). The van der Waals surface area contributed by atoms with Crippen LogP contribution in [-0.4, -0.2) is 25.0 Å². The van der Waals surface area contributed by atoms with Gasteiger partial charge in [0.15, 0.2) is 11.2 Å². The number of nitrogens with two attached hydrogens (primary N) is 1. The Labute approximate surface area is 101 Å². The first-order valence-electron chi connectivity index (χ1n) is 5.34. The Morgan fingerprint density at radius 3 is 2.61 bits per heavy atom. The number of aryl methyl sites for hydroxylation is 3. The summed E-state index contributed by atoms with van der Waals surface area (Å²) in [7, 11) is 3.18. The first kappa shape index (κ1) is 12.1. The SMILES string of the molecule is Cn1c(CCC(N)=O)nc2c1c(=O)[nH]c(=O)n2C. The number of nitrogens with zero attached hydrogens (tertiary/aromatic N) is 3. The Morgan fingerprint density at radius 2 is 2.00 bits per heavy atom. The highest BCUT2D eigenvalue weighted by Crippen LogP contribution is 2.09. The van der Waals surface area contributed by atoms with Crippen LogP contribution in [-0.2, 0) is 25.3 Å². The molecule has 1 amide bonds. The normalized spacial score (nSPS) is 11.0. The molecule has 0 saturated heterocycles. The summed E-state index contributed by atoms with van der Waals surface area (Å²) >= 11 is 0. The molecule has 96 valence electrons. The van der Waals surface area contributed by atoms with Crippen LogP contribution >= 0.6 is 0 Å². The van der Waals surface area contributed by atoms with Crippen LogP contribution in [0.25, 0.3) is 11.2 Å². The van der Waals surface area contributed by atoms with Crippen LogP contribution in [0.3, 0.4) is 0 Å². The number of primary amides is 1. The number of hydrogen-bond donors (Lipinski definition) is 2. The predicted octanol–water partition coefficient (Wildman–Crippen LogP) is -1.62. The van der Waals surface area contributed by atoms with Crippen molar-refractivity contribution in [3.63, 3.8) is 0 Å². The zero-order valence-corrected chi connectivity index (χ0v) is 10.1. The number of rotatable bonds is 3. The monoisotopic (exact) mass is 251 g/mol. The number of imidazole rings is 1. The molecule has 2 heterocycles. The molecule has 0 fully saturated rings. The summed E-state index contributed by atoms with van der Waals surface area (Å²) in [5.74, 6) is 0.0976. The molecule has 0 bridgehead atoms. The molecular weight excluding hydrogens is 238 g/mol. The zero-order chi connectivity index (χ0) is 13.4. The van der Waals surface area contributed by atoms with E-state index in [0.717, 1.165) is 0 Å². The second-order valence-corrected chi connectivity index (χ2v) is 4.04. The van der Waals surface area contributed by atoms with E-state index in [-0.39, 0.29) is 6.42 Å². The summed E-state index contributed by atoms with van der Waals surface area (Å²) < 4.78 is 2.82. The summed E-state index contributed by atoms with van der Waals surface area (Å²) in [6, 6.07) is 0. The second-order valence-electron chi connectivity index (χ2n) is 4.04. The van der Waals surface area contributed by atoms with Gasteiger partial charge in [-0.25, -0.2) is 9.78 Å². The van der Waals surface area contributed by atoms with Gasteiger partial charge in [-0.15, -0.1) is 0 Å². The number of nitrogens with one attached hydrogen (secondary N) is 1. The molecule has 2 aromatic heterocycles. The van der Waals surface area contributed by atoms with Gasteiger partial charge >= 0.3 is 5.69 Å². The lowest BCUT2D eigenvalue weighted by Gasteiger charge is -1.99. The van der Waals surface area contributed by atoms with Gasteiger partial charge in [-0.3, -0.25) is 19.1 Å². The number of aromatic nitrogens is 4. The van der Waals surface area contributed by atoms with Gasteiger partial charge in [0.2, 0.25) is 5.91 Å². The first-order chi connectivity index (χ1) is 8.41. The molecule has 3 N–H and O–H groups in total. The van der Waals surface area contributed by atoms with Crippen molar-refractivity contribution in [3.05, 3.63) is 26.7 Å². The molecule has 0 unspecified atom stereocenters. The van der Waals surface area contributed by atoms with Crippen LogP contribution in [0, 0.1) is 0 Å². The van der Waals surface area contributed by atoms with Crippen LogP contribution < -0.4 is 17.0 Å². The van der Waals surface area contributed by atoms with E-state index < -0.39 is 17.2 Å². The third kappa shape index (κ3) is 1.81. The second kappa shape index (κ2) is 4.13. The van der Waals surface area contributed by atoms with E-state index in [1.54, 1.807) is 11.6 Å². The van der Waals surface area contributed by atoms with Gasteiger partial charge < -0.3 is 10.3 Å². The van der Waals surface area contributed by atoms with Crippen LogP contribution in [0.5, 0.6) is 0 Å². The number of hydrogen-bond acceptors (Lipinski definition) is 4. The molecule has 0 saturated carbocycles. The van der Waals surface area contributed by atoms with Crippen molar-refractivity contribution in [2.24, 2.45) is 19.8 Å². The molecule has 0 spiro atoms. The number of amides is 1. The van der Waals surface area contributed by atoms with Gasteiger partial charge in [0.05, 0.1) is 0 Å². The smallest absolute Gasteiger partial charge is 0.329 e. The molecule has 18 heavy (non-hydrogen) atoms. The topological polar surface area (TPSA) is 116 Å². The van der Waals surface area contributed by atoms with Crippen molar-refractivity contribution < 1.29 is 4.79 Å². The van der Waals surface area contributed by atoms with Crippen molar-refractivity contribution in [3.8, 4) is 0 Å². The zero-order valence-electron chi connectivity index (χ0n) is 10.1. The van der Waals surface area contributed by atoms with Crippen LogP contribution in [0.15, 0.2) is 9.59 Å². The lowest BCUT2D eigenvalue weighted by atomic mass is 10.3. The highest BCUT2D eigenvalue weighted by molar-refractivity contribution is 5.74. The molecule has 2 aromatic rings. The Kier molecular flexibility index (Phi) is 2.77. The van der Waals surface area contributed by atoms with Gasteiger partial charge in [-0.05, 0) is 0 Å². The molecule has 0 radical (unpaired) electrons. The summed E-state index contributed by atoms with van der Waals surface area (Å²) in [5.41, 5.74) is 4.66. The van der Waals surface area contributed by atoms with E-state index in [1.165, 1.54) is 11.6 Å². The lowest BCUT2D eigenvalue weighted by molar-refractivity contribution is -0.118. The summed E-state index contributed by atoms with van der Waals surface area (Å²) in [4.78, 5) is 40.3. The Morgan fingerprint density at radius 1 is 1.33 bits per heavy atom. The third-order valence-corrected chi connectivity index (χ3v) is 2.82. The van der Waals surface area contributed by atoms with Crippen molar-refractivity contribution in [1.82, 2.24) is 19.1 Å². The fourth-order valence-electron chi connectivity index (χ4n) is 1.81. The number of fused-ring (bicyclic) bond motifs is 1. The molecule has 8 nitrogen and oxygen atoms in total. The molecule has 0 aliphatic carbocycles. The summed E-state index contributed by atoms with van der Waals surface area (Å²) in [6.45, 7) is 0. The van der Waals surface area contributed by atoms with Gasteiger partial charge in [0.25, 0.3) is 5.56 Å². The minimum Gasteiger partial charge on any atom is -0.370 e. The maximum atomic E-state index is 11.7. The first-order valence-corrected chi connectivity index (χ1v) is 5.34. The minimum atomic E-state index is -0.521. The maximum Gasteiger partial charge on any atom is 0.329 e. The van der Waals surface area contributed by atoms with E-state index in [0.29, 0.717) is 23.4 Å². The summed E-state index contributed by atoms with van der Waals surface area (Å²) in [5, 5.41) is 0. The Hall–Kier alpha value is -2.38. The van der Waals surface area contributed by atoms with Crippen molar-refractivity contribution in [2.75, 3.05) is 0 Å². The third-order valence-electron chi connectivity index (χ3n) is 2.82. The van der Waals surface area contributed by atoms with Gasteiger partial charge in [-0.2, -0.15) is 0 Å². The Bertz CT molecular complexity index is 736. The van der Waals surface area contributed by atoms with Crippen molar-refractivity contribution >= 4 is 17.1 Å². The van der Waals surface area contributed by atoms with Crippen LogP contribution in [0.1, 0.15) is 12.2 Å². The minimum absolute atomic E-state index is 0.142. The number of carbonyl (C=O) groups is 1. The van der Waals surface area contributed by atoms with Crippen LogP contribution in [0.4, 0.5) is 0 Å². The quantitative estimate of drug-likeness (QED) is 0.681. The molecule has 2 rings (SSSR count). The largest absolute Gasteiger partial charge is 0.370 e. The fourth-order valence-corrected chi connectivity index (χ4v) is 1.81. The van der Waals surface area contributed by atoms with Gasteiger partial charge in [0, 0.05) is 26.9 Å². The molecular formula is C10H13N5O3. The number of aromatic amines is 1. The van der Waals surface area contributed by atoms with Gasteiger partial charge in [0.1, 0.15) is 5.82 Å². The molecule has 8 heteroatoms. The average molecular weight is 251 g/mol.